The molecule has 27 heavy (non-hydrogen) atoms. The molecule has 0 radical (unpaired) electrons. The van der Waals surface area contributed by atoms with Crippen LogP contribution in [0.5, 0.6) is 0 Å². The molecule has 1 amide bonds. The summed E-state index contributed by atoms with van der Waals surface area (Å²) in [4.78, 5) is 19.4. The van der Waals surface area contributed by atoms with Crippen molar-refractivity contribution in [2.24, 2.45) is 0 Å². The van der Waals surface area contributed by atoms with Crippen LogP contribution in [-0.4, -0.2) is 30.1 Å². The number of rotatable bonds is 4. The SMILES string of the molecule is Cc1noc2nc(-c3ccco3)cc(C(=O)Nc3ccc(N(C)C)cc3)c12. The van der Waals surface area contributed by atoms with Crippen molar-refractivity contribution in [3.8, 4) is 11.5 Å². The number of pyridine rings is 1. The van der Waals surface area contributed by atoms with Crippen LogP contribution >= 0.6 is 0 Å². The summed E-state index contributed by atoms with van der Waals surface area (Å²) < 4.78 is 10.7. The molecule has 1 N–H and O–H groups in total. The Hall–Kier alpha value is -3.61. The maximum Gasteiger partial charge on any atom is 0.259 e. The van der Waals surface area contributed by atoms with Gasteiger partial charge in [-0.3, -0.25) is 4.79 Å². The van der Waals surface area contributed by atoms with Crippen molar-refractivity contribution in [2.45, 2.75) is 6.92 Å². The van der Waals surface area contributed by atoms with Crippen molar-refractivity contribution in [1.82, 2.24) is 10.1 Å². The number of carbonyl (C=O) groups excluding carboxylic acids is 1. The second kappa shape index (κ2) is 6.60. The van der Waals surface area contributed by atoms with Crippen molar-refractivity contribution in [3.05, 3.63) is 60.0 Å². The number of carbonyl (C=O) groups is 1. The van der Waals surface area contributed by atoms with Gasteiger partial charge in [-0.2, -0.15) is 0 Å². The maximum atomic E-state index is 13.0. The van der Waals surface area contributed by atoms with E-state index in [1.807, 2.05) is 43.3 Å². The average molecular weight is 362 g/mol. The second-order valence-electron chi connectivity index (χ2n) is 6.38. The summed E-state index contributed by atoms with van der Waals surface area (Å²) in [5.41, 5.74) is 3.60. The van der Waals surface area contributed by atoms with Crippen LogP contribution < -0.4 is 10.2 Å². The van der Waals surface area contributed by atoms with E-state index in [4.69, 9.17) is 8.94 Å². The highest BCUT2D eigenvalue weighted by molar-refractivity contribution is 6.13. The van der Waals surface area contributed by atoms with Crippen molar-refractivity contribution in [2.75, 3.05) is 24.3 Å². The molecule has 0 saturated carbocycles. The summed E-state index contributed by atoms with van der Waals surface area (Å²) in [6.07, 6.45) is 1.55. The first-order valence-corrected chi connectivity index (χ1v) is 8.42. The Bertz CT molecular complexity index is 1100. The van der Waals surface area contributed by atoms with Gasteiger partial charge < -0.3 is 19.2 Å². The van der Waals surface area contributed by atoms with Crippen LogP contribution in [-0.2, 0) is 0 Å². The first-order valence-electron chi connectivity index (χ1n) is 8.42. The first kappa shape index (κ1) is 16.8. The fourth-order valence-electron chi connectivity index (χ4n) is 2.87. The lowest BCUT2D eigenvalue weighted by Crippen LogP contribution is -2.13. The van der Waals surface area contributed by atoms with Crippen LogP contribution in [0.1, 0.15) is 16.1 Å². The Morgan fingerprint density at radius 1 is 1.15 bits per heavy atom. The number of anilines is 2. The van der Waals surface area contributed by atoms with Crippen molar-refractivity contribution < 1.29 is 13.7 Å². The zero-order chi connectivity index (χ0) is 19.0. The van der Waals surface area contributed by atoms with Gasteiger partial charge in [0, 0.05) is 25.5 Å². The van der Waals surface area contributed by atoms with Gasteiger partial charge in [0.1, 0.15) is 5.69 Å². The summed E-state index contributed by atoms with van der Waals surface area (Å²) in [6.45, 7) is 1.78. The largest absolute Gasteiger partial charge is 0.463 e. The first-order chi connectivity index (χ1) is 13.0. The Morgan fingerprint density at radius 2 is 1.93 bits per heavy atom. The lowest BCUT2D eigenvalue weighted by molar-refractivity contribution is 0.102. The number of aromatic nitrogens is 2. The molecule has 4 rings (SSSR count). The van der Waals surface area contributed by atoms with Crippen LogP contribution in [0.15, 0.2) is 57.7 Å². The molecule has 7 nitrogen and oxygen atoms in total. The highest BCUT2D eigenvalue weighted by atomic mass is 16.5. The van der Waals surface area contributed by atoms with Gasteiger partial charge in [-0.25, -0.2) is 4.98 Å². The molecule has 0 unspecified atom stereocenters. The summed E-state index contributed by atoms with van der Waals surface area (Å²) in [7, 11) is 3.93. The quantitative estimate of drug-likeness (QED) is 0.588. The average Bonchev–Trinajstić information content (AvgIpc) is 3.32. The third kappa shape index (κ3) is 3.15. The topological polar surface area (TPSA) is 84.4 Å². The lowest BCUT2D eigenvalue weighted by atomic mass is 10.1. The van der Waals surface area contributed by atoms with Crippen LogP contribution in [0.25, 0.3) is 22.6 Å². The number of hydrogen-bond donors (Lipinski definition) is 1. The molecular weight excluding hydrogens is 344 g/mol. The zero-order valence-corrected chi connectivity index (χ0v) is 15.2. The highest BCUT2D eigenvalue weighted by Crippen LogP contribution is 2.28. The summed E-state index contributed by atoms with van der Waals surface area (Å²) >= 11 is 0. The van der Waals surface area contributed by atoms with Gasteiger partial charge in [0.15, 0.2) is 5.76 Å². The molecule has 0 aliphatic rings. The minimum absolute atomic E-state index is 0.265. The molecule has 1 aromatic carbocycles. The molecule has 0 aliphatic heterocycles. The molecule has 0 atom stereocenters. The molecule has 4 aromatic rings. The fourth-order valence-corrected chi connectivity index (χ4v) is 2.87. The molecule has 136 valence electrons. The number of nitrogens with one attached hydrogen (secondary N) is 1. The van der Waals surface area contributed by atoms with E-state index in [9.17, 15) is 4.79 Å². The van der Waals surface area contributed by atoms with E-state index >= 15 is 0 Å². The normalized spacial score (nSPS) is 10.9. The Balaban J connectivity index is 1.73. The predicted octanol–water partition coefficient (Wildman–Crippen LogP) is 4.11. The van der Waals surface area contributed by atoms with Crippen molar-refractivity contribution in [3.63, 3.8) is 0 Å². The number of nitrogens with zero attached hydrogens (tertiary/aromatic N) is 3. The van der Waals surface area contributed by atoms with Gasteiger partial charge in [-0.15, -0.1) is 0 Å². The summed E-state index contributed by atoms with van der Waals surface area (Å²) in [5, 5.41) is 7.46. The number of aryl methyl sites for hydroxylation is 1. The van der Waals surface area contributed by atoms with E-state index in [-0.39, 0.29) is 5.91 Å². The summed E-state index contributed by atoms with van der Waals surface area (Å²) in [6, 6.07) is 12.8. The van der Waals surface area contributed by atoms with Gasteiger partial charge in [-0.05, 0) is 49.4 Å². The van der Waals surface area contributed by atoms with Gasteiger partial charge in [0.2, 0.25) is 0 Å². The second-order valence-corrected chi connectivity index (χ2v) is 6.38. The van der Waals surface area contributed by atoms with Crippen LogP contribution in [0.3, 0.4) is 0 Å². The molecule has 0 spiro atoms. The number of fused-ring (bicyclic) bond motifs is 1. The van der Waals surface area contributed by atoms with Crippen molar-refractivity contribution >= 4 is 28.4 Å². The third-order valence-electron chi connectivity index (χ3n) is 4.28. The number of benzene rings is 1. The fraction of sp³-hybridized carbons (Fsp3) is 0.150. The molecule has 0 fully saturated rings. The van der Waals surface area contributed by atoms with Gasteiger partial charge in [0.25, 0.3) is 11.6 Å². The zero-order valence-electron chi connectivity index (χ0n) is 15.2. The Labute approximate surface area is 155 Å². The molecule has 7 heteroatoms. The van der Waals surface area contributed by atoms with Gasteiger partial charge in [0.05, 0.1) is 22.9 Å². The van der Waals surface area contributed by atoms with Gasteiger partial charge in [-0.1, -0.05) is 5.16 Å². The predicted molar refractivity (Wildman–Crippen MR) is 103 cm³/mol. The summed E-state index contributed by atoms with van der Waals surface area (Å²) in [5.74, 6) is 0.287. The minimum atomic E-state index is -0.265. The van der Waals surface area contributed by atoms with E-state index < -0.39 is 0 Å². The molecule has 0 aliphatic carbocycles. The Kier molecular flexibility index (Phi) is 4.12. The highest BCUT2D eigenvalue weighted by Gasteiger charge is 2.20. The van der Waals surface area contributed by atoms with E-state index in [0.717, 1.165) is 5.69 Å². The van der Waals surface area contributed by atoms with Crippen LogP contribution in [0.2, 0.25) is 0 Å². The van der Waals surface area contributed by atoms with Crippen LogP contribution in [0, 0.1) is 6.92 Å². The number of amides is 1. The van der Waals surface area contributed by atoms with E-state index in [2.05, 4.69) is 15.5 Å². The molecule has 0 saturated heterocycles. The van der Waals surface area contributed by atoms with E-state index in [1.54, 1.807) is 31.4 Å². The van der Waals surface area contributed by atoms with E-state index in [0.29, 0.717) is 39.5 Å². The lowest BCUT2D eigenvalue weighted by Gasteiger charge is -2.13. The molecule has 0 bridgehead atoms. The monoisotopic (exact) mass is 362 g/mol. The van der Waals surface area contributed by atoms with Crippen molar-refractivity contribution in [1.29, 1.82) is 0 Å². The smallest absolute Gasteiger partial charge is 0.259 e. The van der Waals surface area contributed by atoms with Crippen LogP contribution in [0.4, 0.5) is 11.4 Å². The minimum Gasteiger partial charge on any atom is -0.463 e. The molecule has 3 aromatic heterocycles. The Morgan fingerprint density at radius 3 is 2.59 bits per heavy atom. The maximum absolute atomic E-state index is 13.0. The number of hydrogen-bond acceptors (Lipinski definition) is 6. The standard InChI is InChI=1S/C20H18N4O3/c1-12-18-15(19(25)21-13-6-8-14(9-7-13)24(2)3)11-16(17-5-4-10-26-17)22-20(18)27-23-12/h4-11H,1-3H3,(H,21,25). The number of furan rings is 1. The molecule has 3 heterocycles. The van der Waals surface area contributed by atoms with Gasteiger partial charge >= 0.3 is 0 Å². The van der Waals surface area contributed by atoms with E-state index in [1.165, 1.54) is 0 Å². The molecular formula is C20H18N4O3. The third-order valence-corrected chi connectivity index (χ3v) is 4.28.